The first kappa shape index (κ1) is 15.3. The third kappa shape index (κ3) is 10.5. The Hall–Kier alpha value is 0.258. The maximum atomic E-state index is 8.81. The summed E-state index contributed by atoms with van der Waals surface area (Å²) in [5, 5.41) is 11.6. The Morgan fingerprint density at radius 3 is 1.80 bits per heavy atom. The van der Waals surface area contributed by atoms with Gasteiger partial charge in [-0.3, -0.25) is 0 Å². The molecule has 15 heavy (non-hydrogen) atoms. The first-order chi connectivity index (χ1) is 7.06. The van der Waals surface area contributed by atoms with Crippen molar-refractivity contribution in [2.75, 3.05) is 6.61 Å². The van der Waals surface area contributed by atoms with Crippen molar-refractivity contribution in [3.63, 3.8) is 0 Å². The average Bonchev–Trinajstić information content (AvgIpc) is 2.16. The van der Waals surface area contributed by atoms with E-state index in [1.807, 2.05) is 6.08 Å². The van der Waals surface area contributed by atoms with E-state index in [4.69, 9.17) is 5.11 Å². The van der Waals surface area contributed by atoms with E-state index in [9.17, 15) is 0 Å². The summed E-state index contributed by atoms with van der Waals surface area (Å²) in [6, 6.07) is 0. The van der Waals surface area contributed by atoms with Crippen molar-refractivity contribution in [3.8, 4) is 0 Å². The predicted octanol–water partition coefficient (Wildman–Crippen LogP) is 3.66. The van der Waals surface area contributed by atoms with Gasteiger partial charge in [0.15, 0.2) is 0 Å². The van der Waals surface area contributed by atoms with Crippen molar-refractivity contribution in [2.45, 2.75) is 51.0 Å². The number of aliphatic hydroxyl groups is 1. The fourth-order valence-electron chi connectivity index (χ4n) is 1.31. The third-order valence-electron chi connectivity index (χ3n) is 2.41. The van der Waals surface area contributed by atoms with Crippen LogP contribution in [0.3, 0.4) is 0 Å². The minimum atomic E-state index is -0.773. The molecule has 1 nitrogen and oxygen atoms in total. The second-order valence-corrected chi connectivity index (χ2v) is 9.94. The van der Waals surface area contributed by atoms with E-state index in [2.05, 4.69) is 32.6 Å². The standard InChI is InChI=1S/C13H27AsO/c1-12(2)6-9-14(8-5-11-15)10-7-13(3)4/h5,8,12-13,15H,6-7,9-11H2,1-4H3/b8-5+. The molecule has 0 heterocycles. The van der Waals surface area contributed by atoms with Crippen LogP contribution in [0.15, 0.2) is 10.9 Å². The number of hydrogen-bond acceptors (Lipinski definition) is 1. The molecule has 0 aromatic carbocycles. The molecule has 0 spiro atoms. The number of hydrogen-bond donors (Lipinski definition) is 1. The molecule has 0 aliphatic heterocycles. The number of aliphatic hydroxyl groups excluding tert-OH is 1. The Morgan fingerprint density at radius 2 is 1.47 bits per heavy atom. The number of rotatable bonds is 8. The average molecular weight is 274 g/mol. The van der Waals surface area contributed by atoms with Crippen LogP contribution in [0.2, 0.25) is 10.4 Å². The summed E-state index contributed by atoms with van der Waals surface area (Å²) in [5.41, 5.74) is 0. The summed E-state index contributed by atoms with van der Waals surface area (Å²) in [6.45, 7) is 9.40. The van der Waals surface area contributed by atoms with Gasteiger partial charge in [-0.25, -0.2) is 0 Å². The first-order valence-corrected chi connectivity index (χ1v) is 9.81. The Balaban J connectivity index is 3.89. The predicted molar refractivity (Wildman–Crippen MR) is 70.5 cm³/mol. The van der Waals surface area contributed by atoms with Crippen molar-refractivity contribution in [2.24, 2.45) is 11.8 Å². The summed E-state index contributed by atoms with van der Waals surface area (Å²) >= 11 is -0.773. The van der Waals surface area contributed by atoms with Crippen LogP contribution in [0, 0.1) is 11.8 Å². The Labute approximate surface area is 100 Å². The van der Waals surface area contributed by atoms with E-state index < -0.39 is 14.7 Å². The molecular formula is C13H27AsO. The van der Waals surface area contributed by atoms with Crippen molar-refractivity contribution < 1.29 is 5.11 Å². The van der Waals surface area contributed by atoms with Crippen LogP contribution in [0.1, 0.15) is 40.5 Å². The molecular weight excluding hydrogens is 247 g/mol. The normalized spacial score (nSPS) is 12.5. The van der Waals surface area contributed by atoms with E-state index in [1.54, 1.807) is 0 Å². The molecule has 0 aliphatic carbocycles. The van der Waals surface area contributed by atoms with Crippen LogP contribution in [0.5, 0.6) is 0 Å². The molecule has 90 valence electrons. The quantitative estimate of drug-likeness (QED) is 0.670. The summed E-state index contributed by atoms with van der Waals surface area (Å²) in [6.07, 6.45) is 4.67. The fraction of sp³-hybridized carbons (Fsp3) is 0.846. The third-order valence-corrected chi connectivity index (χ3v) is 7.23. The van der Waals surface area contributed by atoms with Crippen LogP contribution in [0.25, 0.3) is 0 Å². The molecule has 0 radical (unpaired) electrons. The van der Waals surface area contributed by atoms with Gasteiger partial charge >= 0.3 is 100 Å². The Bertz CT molecular complexity index is 152. The molecule has 0 aromatic rings. The van der Waals surface area contributed by atoms with E-state index in [-0.39, 0.29) is 6.61 Å². The van der Waals surface area contributed by atoms with Gasteiger partial charge in [0.1, 0.15) is 0 Å². The van der Waals surface area contributed by atoms with Gasteiger partial charge in [0.05, 0.1) is 0 Å². The fourth-order valence-corrected chi connectivity index (χ4v) is 6.78. The molecule has 0 amide bonds. The minimum absolute atomic E-state index is 0.217. The molecule has 0 atom stereocenters. The van der Waals surface area contributed by atoms with Crippen molar-refractivity contribution in [1.82, 2.24) is 0 Å². The van der Waals surface area contributed by atoms with Crippen LogP contribution >= 0.6 is 0 Å². The summed E-state index contributed by atoms with van der Waals surface area (Å²) in [7, 11) is 0. The second kappa shape index (κ2) is 9.48. The maximum absolute atomic E-state index is 8.81. The zero-order valence-electron chi connectivity index (χ0n) is 10.7. The summed E-state index contributed by atoms with van der Waals surface area (Å²) in [4.78, 5) is 2.35. The van der Waals surface area contributed by atoms with Crippen LogP contribution < -0.4 is 0 Å². The van der Waals surface area contributed by atoms with Crippen LogP contribution in [0.4, 0.5) is 0 Å². The molecule has 1 N–H and O–H groups in total. The molecule has 0 aromatic heterocycles. The van der Waals surface area contributed by atoms with Gasteiger partial charge < -0.3 is 0 Å². The van der Waals surface area contributed by atoms with Gasteiger partial charge in [-0.15, -0.1) is 0 Å². The molecule has 2 heteroatoms. The SMILES string of the molecule is CC(C)CC[As](/C=C/CO)CCC(C)C. The Morgan fingerprint density at radius 1 is 1.00 bits per heavy atom. The van der Waals surface area contributed by atoms with Crippen molar-refractivity contribution >= 4 is 14.7 Å². The van der Waals surface area contributed by atoms with E-state index in [0.717, 1.165) is 11.8 Å². The van der Waals surface area contributed by atoms with Gasteiger partial charge in [0.25, 0.3) is 0 Å². The van der Waals surface area contributed by atoms with Crippen LogP contribution in [-0.2, 0) is 0 Å². The van der Waals surface area contributed by atoms with Crippen molar-refractivity contribution in [3.05, 3.63) is 10.9 Å². The van der Waals surface area contributed by atoms with Crippen LogP contribution in [-0.4, -0.2) is 26.4 Å². The van der Waals surface area contributed by atoms with Gasteiger partial charge in [-0.1, -0.05) is 0 Å². The molecule has 0 aliphatic rings. The zero-order valence-corrected chi connectivity index (χ0v) is 12.6. The molecule has 0 rings (SSSR count). The zero-order chi connectivity index (χ0) is 11.7. The first-order valence-electron chi connectivity index (χ1n) is 6.07. The van der Waals surface area contributed by atoms with E-state index in [0.29, 0.717) is 0 Å². The van der Waals surface area contributed by atoms with E-state index in [1.165, 1.54) is 23.3 Å². The van der Waals surface area contributed by atoms with Gasteiger partial charge in [-0.2, -0.15) is 0 Å². The molecule has 0 saturated carbocycles. The van der Waals surface area contributed by atoms with E-state index >= 15 is 0 Å². The summed E-state index contributed by atoms with van der Waals surface area (Å²) in [5.74, 6) is 1.65. The van der Waals surface area contributed by atoms with Gasteiger partial charge in [0, 0.05) is 0 Å². The second-order valence-electron chi connectivity index (χ2n) is 4.97. The van der Waals surface area contributed by atoms with Gasteiger partial charge in [-0.05, 0) is 0 Å². The molecule has 0 unspecified atom stereocenters. The van der Waals surface area contributed by atoms with Crippen molar-refractivity contribution in [1.29, 1.82) is 0 Å². The van der Waals surface area contributed by atoms with Gasteiger partial charge in [0.2, 0.25) is 0 Å². The summed E-state index contributed by atoms with van der Waals surface area (Å²) < 4.78 is 0. The molecule has 0 saturated heterocycles. The monoisotopic (exact) mass is 274 g/mol. The topological polar surface area (TPSA) is 20.2 Å². The molecule has 0 bridgehead atoms. The molecule has 0 fully saturated rings. The Kier molecular flexibility index (Phi) is 9.65.